The summed E-state index contributed by atoms with van der Waals surface area (Å²) in [5.74, 6) is 1.35. The van der Waals surface area contributed by atoms with E-state index in [1.54, 1.807) is 6.07 Å². The first-order valence-electron chi connectivity index (χ1n) is 9.11. The monoisotopic (exact) mass is 369 g/mol. The average molecular weight is 370 g/mol. The molecule has 1 saturated heterocycles. The molecule has 2 rings (SSSR count). The molecule has 0 unspecified atom stereocenters. The Kier molecular flexibility index (Phi) is 8.49. The zero-order chi connectivity index (χ0) is 18.1. The Morgan fingerprint density at radius 1 is 1.40 bits per heavy atom. The first-order chi connectivity index (χ1) is 12.1. The predicted molar refractivity (Wildman–Crippen MR) is 102 cm³/mol. The summed E-state index contributed by atoms with van der Waals surface area (Å²) in [6.45, 7) is 6.28. The summed E-state index contributed by atoms with van der Waals surface area (Å²) in [5, 5.41) is 3.80. The van der Waals surface area contributed by atoms with Crippen LogP contribution in [-0.2, 0) is 11.2 Å². The van der Waals surface area contributed by atoms with Crippen molar-refractivity contribution in [1.29, 1.82) is 0 Å². The Bertz CT molecular complexity index is 562. The summed E-state index contributed by atoms with van der Waals surface area (Å²) in [6, 6.07) is 4.52. The molecule has 0 radical (unpaired) electrons. The zero-order valence-corrected chi connectivity index (χ0v) is 16.0. The molecule has 1 N–H and O–H groups in total. The van der Waals surface area contributed by atoms with Gasteiger partial charge in [0.05, 0.1) is 0 Å². The van der Waals surface area contributed by atoms with Gasteiger partial charge in [0.2, 0.25) is 0 Å². The SMILES string of the molecule is CCNC(=NCCc1ccc(F)cc1Cl)N(C)CCC1CCOCC1. The van der Waals surface area contributed by atoms with Crippen LogP contribution in [0.1, 0.15) is 31.7 Å². The highest BCUT2D eigenvalue weighted by molar-refractivity contribution is 6.31. The van der Waals surface area contributed by atoms with Crippen molar-refractivity contribution in [3.63, 3.8) is 0 Å². The molecule has 1 aliphatic rings. The third kappa shape index (κ3) is 6.83. The number of nitrogens with zero attached hydrogens (tertiary/aromatic N) is 2. The minimum atomic E-state index is -0.307. The quantitative estimate of drug-likeness (QED) is 0.587. The van der Waals surface area contributed by atoms with Crippen LogP contribution in [0.5, 0.6) is 0 Å². The molecule has 6 heteroatoms. The van der Waals surface area contributed by atoms with E-state index in [9.17, 15) is 4.39 Å². The fraction of sp³-hybridized carbons (Fsp3) is 0.632. The van der Waals surface area contributed by atoms with Crippen molar-refractivity contribution in [3.8, 4) is 0 Å². The largest absolute Gasteiger partial charge is 0.381 e. The molecule has 0 atom stereocenters. The number of ether oxygens (including phenoxy) is 1. The minimum Gasteiger partial charge on any atom is -0.381 e. The van der Waals surface area contributed by atoms with Gasteiger partial charge in [0.1, 0.15) is 5.82 Å². The van der Waals surface area contributed by atoms with Crippen LogP contribution in [0.2, 0.25) is 5.02 Å². The summed E-state index contributed by atoms with van der Waals surface area (Å²) < 4.78 is 18.5. The molecule has 25 heavy (non-hydrogen) atoms. The molecule has 1 aliphatic heterocycles. The number of nitrogens with one attached hydrogen (secondary N) is 1. The van der Waals surface area contributed by atoms with Crippen LogP contribution >= 0.6 is 11.6 Å². The van der Waals surface area contributed by atoms with Crippen LogP contribution in [0, 0.1) is 11.7 Å². The molecule has 0 bridgehead atoms. The maximum Gasteiger partial charge on any atom is 0.193 e. The third-order valence-electron chi connectivity index (χ3n) is 4.57. The molecule has 0 spiro atoms. The van der Waals surface area contributed by atoms with E-state index < -0.39 is 0 Å². The molecular weight excluding hydrogens is 341 g/mol. The van der Waals surface area contributed by atoms with Gasteiger partial charge in [-0.25, -0.2) is 4.39 Å². The molecule has 1 fully saturated rings. The van der Waals surface area contributed by atoms with Gasteiger partial charge in [-0.15, -0.1) is 0 Å². The maximum absolute atomic E-state index is 13.1. The van der Waals surface area contributed by atoms with E-state index in [0.29, 0.717) is 18.0 Å². The number of hydrogen-bond donors (Lipinski definition) is 1. The highest BCUT2D eigenvalue weighted by Crippen LogP contribution is 2.19. The van der Waals surface area contributed by atoms with E-state index in [0.717, 1.165) is 63.0 Å². The molecule has 0 saturated carbocycles. The van der Waals surface area contributed by atoms with Crippen LogP contribution in [0.3, 0.4) is 0 Å². The Balaban J connectivity index is 1.85. The van der Waals surface area contributed by atoms with Crippen LogP contribution in [-0.4, -0.2) is 50.8 Å². The second kappa shape index (κ2) is 10.6. The average Bonchev–Trinajstić information content (AvgIpc) is 2.61. The molecule has 1 aromatic carbocycles. The van der Waals surface area contributed by atoms with Crippen molar-refractivity contribution in [2.24, 2.45) is 10.9 Å². The summed E-state index contributed by atoms with van der Waals surface area (Å²) in [7, 11) is 2.08. The second-order valence-corrected chi connectivity index (χ2v) is 6.89. The number of rotatable bonds is 7. The Morgan fingerprint density at radius 2 is 2.16 bits per heavy atom. The van der Waals surface area contributed by atoms with Crippen molar-refractivity contribution in [2.45, 2.75) is 32.6 Å². The number of halogens is 2. The van der Waals surface area contributed by atoms with E-state index in [4.69, 9.17) is 21.3 Å². The highest BCUT2D eigenvalue weighted by atomic mass is 35.5. The second-order valence-electron chi connectivity index (χ2n) is 6.49. The first kappa shape index (κ1) is 20.0. The van der Waals surface area contributed by atoms with Crippen LogP contribution in [0.4, 0.5) is 4.39 Å². The Hall–Kier alpha value is -1.33. The van der Waals surface area contributed by atoms with Crippen molar-refractivity contribution in [1.82, 2.24) is 10.2 Å². The van der Waals surface area contributed by atoms with E-state index in [1.807, 2.05) is 0 Å². The molecule has 140 valence electrons. The lowest BCUT2D eigenvalue weighted by Crippen LogP contribution is -2.40. The smallest absolute Gasteiger partial charge is 0.193 e. The predicted octanol–water partition coefficient (Wildman–Crippen LogP) is 3.74. The molecule has 4 nitrogen and oxygen atoms in total. The summed E-state index contributed by atoms with van der Waals surface area (Å²) in [6.07, 6.45) is 4.17. The Labute approximate surface area is 155 Å². The molecular formula is C19H29ClFN3O. The topological polar surface area (TPSA) is 36.9 Å². The van der Waals surface area contributed by atoms with E-state index >= 15 is 0 Å². The summed E-state index contributed by atoms with van der Waals surface area (Å²) in [4.78, 5) is 6.88. The van der Waals surface area contributed by atoms with Crippen molar-refractivity contribution in [2.75, 3.05) is 39.9 Å². The number of guanidine groups is 1. The van der Waals surface area contributed by atoms with Crippen molar-refractivity contribution in [3.05, 3.63) is 34.6 Å². The van der Waals surface area contributed by atoms with Gasteiger partial charge in [-0.1, -0.05) is 17.7 Å². The molecule has 1 aromatic rings. The molecule has 0 amide bonds. The van der Waals surface area contributed by atoms with Gasteiger partial charge >= 0.3 is 0 Å². The summed E-state index contributed by atoms with van der Waals surface area (Å²) >= 11 is 6.08. The van der Waals surface area contributed by atoms with Gasteiger partial charge in [-0.2, -0.15) is 0 Å². The minimum absolute atomic E-state index is 0.307. The zero-order valence-electron chi connectivity index (χ0n) is 15.2. The number of aliphatic imine (C=N–C) groups is 1. The van der Waals surface area contributed by atoms with Crippen LogP contribution < -0.4 is 5.32 Å². The van der Waals surface area contributed by atoms with E-state index in [1.165, 1.54) is 12.1 Å². The number of benzene rings is 1. The Morgan fingerprint density at radius 3 is 2.84 bits per heavy atom. The van der Waals surface area contributed by atoms with Gasteiger partial charge in [0, 0.05) is 44.9 Å². The van der Waals surface area contributed by atoms with Crippen molar-refractivity contribution >= 4 is 17.6 Å². The fourth-order valence-electron chi connectivity index (χ4n) is 2.99. The fourth-order valence-corrected chi connectivity index (χ4v) is 3.26. The lowest BCUT2D eigenvalue weighted by Gasteiger charge is -2.26. The van der Waals surface area contributed by atoms with Gasteiger partial charge in [0.15, 0.2) is 5.96 Å². The maximum atomic E-state index is 13.1. The molecule has 0 aliphatic carbocycles. The standard InChI is InChI=1S/C19H29ClFN3O/c1-3-22-19(24(2)11-7-15-8-12-25-13-9-15)23-10-6-16-4-5-17(21)14-18(16)20/h4-5,14-15H,3,6-13H2,1-2H3,(H,22,23). The van der Waals surface area contributed by atoms with E-state index in [-0.39, 0.29) is 5.82 Å². The lowest BCUT2D eigenvalue weighted by atomic mass is 9.96. The first-order valence-corrected chi connectivity index (χ1v) is 9.49. The van der Waals surface area contributed by atoms with Gasteiger partial charge < -0.3 is 15.0 Å². The number of hydrogen-bond acceptors (Lipinski definition) is 2. The lowest BCUT2D eigenvalue weighted by molar-refractivity contribution is 0.0625. The van der Waals surface area contributed by atoms with Gasteiger partial charge in [-0.3, -0.25) is 4.99 Å². The summed E-state index contributed by atoms with van der Waals surface area (Å²) in [5.41, 5.74) is 0.924. The molecule has 0 aromatic heterocycles. The molecule has 1 heterocycles. The third-order valence-corrected chi connectivity index (χ3v) is 4.92. The van der Waals surface area contributed by atoms with Gasteiger partial charge in [0.25, 0.3) is 0 Å². The van der Waals surface area contributed by atoms with Crippen LogP contribution in [0.15, 0.2) is 23.2 Å². The van der Waals surface area contributed by atoms with Crippen LogP contribution in [0.25, 0.3) is 0 Å². The normalized spacial score (nSPS) is 16.1. The van der Waals surface area contributed by atoms with Crippen molar-refractivity contribution < 1.29 is 9.13 Å². The highest BCUT2D eigenvalue weighted by Gasteiger charge is 2.15. The van der Waals surface area contributed by atoms with Gasteiger partial charge in [-0.05, 0) is 56.2 Å². The van der Waals surface area contributed by atoms with E-state index in [2.05, 4.69) is 24.2 Å².